The first-order valence-corrected chi connectivity index (χ1v) is 7.76. The molecule has 1 unspecified atom stereocenters. The molecule has 1 aliphatic carbocycles. The van der Waals surface area contributed by atoms with Crippen LogP contribution in [0, 0.1) is 10.8 Å². The number of hydrogen-bond donors (Lipinski definition) is 1. The summed E-state index contributed by atoms with van der Waals surface area (Å²) in [6.07, 6.45) is 5.16. The van der Waals surface area contributed by atoms with Gasteiger partial charge in [0.05, 0.1) is 6.61 Å². The Kier molecular flexibility index (Phi) is 5.21. The van der Waals surface area contributed by atoms with Crippen molar-refractivity contribution in [3.05, 3.63) is 0 Å². The van der Waals surface area contributed by atoms with Crippen LogP contribution in [0.5, 0.6) is 0 Å². The third-order valence-corrected chi connectivity index (χ3v) is 4.97. The van der Waals surface area contributed by atoms with Crippen LogP contribution in [-0.4, -0.2) is 50.3 Å². The summed E-state index contributed by atoms with van der Waals surface area (Å²) in [4.78, 5) is 7.32. The fourth-order valence-electron chi connectivity index (χ4n) is 3.15. The summed E-state index contributed by atoms with van der Waals surface area (Å²) in [5, 5.41) is 3.47. The van der Waals surface area contributed by atoms with E-state index in [1.54, 1.807) is 0 Å². The van der Waals surface area contributed by atoms with Crippen molar-refractivity contribution in [1.29, 1.82) is 0 Å². The SMILES string of the molecule is CCNC(=NCC1(C)CC1)N1CCC2(CCOC2)C1.I. The second-order valence-corrected chi connectivity index (χ2v) is 6.95. The molecule has 1 N–H and O–H groups in total. The van der Waals surface area contributed by atoms with Crippen molar-refractivity contribution in [1.82, 2.24) is 10.2 Å². The Morgan fingerprint density at radius 2 is 2.10 bits per heavy atom. The smallest absolute Gasteiger partial charge is 0.193 e. The Labute approximate surface area is 139 Å². The van der Waals surface area contributed by atoms with E-state index >= 15 is 0 Å². The second kappa shape index (κ2) is 6.38. The molecule has 3 aliphatic rings. The van der Waals surface area contributed by atoms with Crippen molar-refractivity contribution in [2.45, 2.75) is 39.5 Å². The highest BCUT2D eigenvalue weighted by atomic mass is 127. The maximum atomic E-state index is 5.61. The number of guanidine groups is 1. The van der Waals surface area contributed by atoms with E-state index in [2.05, 4.69) is 24.1 Å². The van der Waals surface area contributed by atoms with Gasteiger partial charge < -0.3 is 15.0 Å². The van der Waals surface area contributed by atoms with Gasteiger partial charge in [-0.25, -0.2) is 0 Å². The highest BCUT2D eigenvalue weighted by Gasteiger charge is 2.42. The van der Waals surface area contributed by atoms with Crippen LogP contribution in [0.3, 0.4) is 0 Å². The van der Waals surface area contributed by atoms with Gasteiger partial charge in [0.25, 0.3) is 0 Å². The van der Waals surface area contributed by atoms with Gasteiger partial charge in [0.2, 0.25) is 0 Å². The highest BCUT2D eigenvalue weighted by Crippen LogP contribution is 2.45. The zero-order valence-corrected chi connectivity index (χ0v) is 15.1. The summed E-state index contributed by atoms with van der Waals surface area (Å²) >= 11 is 0. The topological polar surface area (TPSA) is 36.9 Å². The lowest BCUT2D eigenvalue weighted by molar-refractivity contribution is 0.156. The van der Waals surface area contributed by atoms with E-state index in [0.717, 1.165) is 45.4 Å². The van der Waals surface area contributed by atoms with Gasteiger partial charge in [0.1, 0.15) is 0 Å². The van der Waals surface area contributed by atoms with Crippen molar-refractivity contribution in [3.8, 4) is 0 Å². The minimum atomic E-state index is 0. The molecule has 0 radical (unpaired) electrons. The minimum absolute atomic E-state index is 0. The number of rotatable bonds is 3. The number of nitrogens with one attached hydrogen (secondary N) is 1. The summed E-state index contributed by atoms with van der Waals surface area (Å²) in [5.74, 6) is 1.12. The Balaban J connectivity index is 0.00000147. The average Bonchev–Trinajstić information content (AvgIpc) is 2.83. The molecule has 5 heteroatoms. The molecule has 116 valence electrons. The largest absolute Gasteiger partial charge is 0.381 e. The molecule has 0 aromatic carbocycles. The maximum absolute atomic E-state index is 5.61. The van der Waals surface area contributed by atoms with Crippen LogP contribution < -0.4 is 5.32 Å². The molecule has 1 spiro atoms. The number of aliphatic imine (C=N–C) groups is 1. The molecule has 2 aliphatic heterocycles. The quantitative estimate of drug-likeness (QED) is 0.455. The molecule has 0 aromatic rings. The van der Waals surface area contributed by atoms with E-state index in [1.807, 2.05) is 0 Å². The van der Waals surface area contributed by atoms with Gasteiger partial charge in [-0.2, -0.15) is 0 Å². The van der Waals surface area contributed by atoms with Gasteiger partial charge in [-0.3, -0.25) is 4.99 Å². The molecule has 2 saturated heterocycles. The lowest BCUT2D eigenvalue weighted by Crippen LogP contribution is -2.41. The summed E-state index contributed by atoms with van der Waals surface area (Å²) in [7, 11) is 0. The molecule has 2 heterocycles. The normalized spacial score (nSPS) is 31.5. The lowest BCUT2D eigenvalue weighted by Gasteiger charge is -2.25. The number of nitrogens with zero attached hydrogens (tertiary/aromatic N) is 2. The number of ether oxygens (including phenoxy) is 1. The fourth-order valence-corrected chi connectivity index (χ4v) is 3.15. The predicted octanol–water partition coefficient (Wildman–Crippen LogP) is 2.48. The molecule has 4 nitrogen and oxygen atoms in total. The molecule has 3 fully saturated rings. The van der Waals surface area contributed by atoms with Gasteiger partial charge in [-0.05, 0) is 38.0 Å². The molecule has 0 aromatic heterocycles. The third-order valence-electron chi connectivity index (χ3n) is 4.97. The zero-order chi connectivity index (χ0) is 13.3. The van der Waals surface area contributed by atoms with Crippen molar-refractivity contribution >= 4 is 29.9 Å². The van der Waals surface area contributed by atoms with Gasteiger partial charge in [0, 0.05) is 38.2 Å². The molecule has 1 atom stereocenters. The second-order valence-electron chi connectivity index (χ2n) is 6.95. The van der Waals surface area contributed by atoms with Crippen LogP contribution in [0.1, 0.15) is 39.5 Å². The number of likely N-dealkylation sites (tertiary alicyclic amines) is 1. The molecule has 20 heavy (non-hydrogen) atoms. The number of hydrogen-bond acceptors (Lipinski definition) is 2. The van der Waals surface area contributed by atoms with E-state index in [1.165, 1.54) is 25.7 Å². The minimum Gasteiger partial charge on any atom is -0.381 e. The fraction of sp³-hybridized carbons (Fsp3) is 0.933. The van der Waals surface area contributed by atoms with E-state index in [-0.39, 0.29) is 24.0 Å². The van der Waals surface area contributed by atoms with E-state index < -0.39 is 0 Å². The Morgan fingerprint density at radius 3 is 2.70 bits per heavy atom. The highest BCUT2D eigenvalue weighted by molar-refractivity contribution is 14.0. The van der Waals surface area contributed by atoms with Gasteiger partial charge in [0.15, 0.2) is 5.96 Å². The monoisotopic (exact) mass is 393 g/mol. The first-order chi connectivity index (χ1) is 9.15. The summed E-state index contributed by atoms with van der Waals surface area (Å²) in [6.45, 7) is 10.6. The molecular weight excluding hydrogens is 365 g/mol. The maximum Gasteiger partial charge on any atom is 0.193 e. The summed E-state index contributed by atoms with van der Waals surface area (Å²) in [6, 6.07) is 0. The molecular formula is C15H28IN3O. The Hall–Kier alpha value is -0.0400. The number of halogens is 1. The Morgan fingerprint density at radius 1 is 1.30 bits per heavy atom. The first-order valence-electron chi connectivity index (χ1n) is 7.76. The predicted molar refractivity (Wildman–Crippen MR) is 92.8 cm³/mol. The van der Waals surface area contributed by atoms with E-state index in [9.17, 15) is 0 Å². The van der Waals surface area contributed by atoms with Crippen LogP contribution in [0.2, 0.25) is 0 Å². The lowest BCUT2D eigenvalue weighted by atomic mass is 9.87. The van der Waals surface area contributed by atoms with Gasteiger partial charge in [-0.15, -0.1) is 24.0 Å². The van der Waals surface area contributed by atoms with Crippen molar-refractivity contribution < 1.29 is 4.74 Å². The Bertz CT molecular complexity index is 362. The van der Waals surface area contributed by atoms with Crippen molar-refractivity contribution in [3.63, 3.8) is 0 Å². The van der Waals surface area contributed by atoms with Crippen LogP contribution in [0.25, 0.3) is 0 Å². The van der Waals surface area contributed by atoms with E-state index in [0.29, 0.717) is 10.8 Å². The zero-order valence-electron chi connectivity index (χ0n) is 12.8. The van der Waals surface area contributed by atoms with Crippen LogP contribution >= 0.6 is 24.0 Å². The third kappa shape index (κ3) is 3.59. The molecule has 3 rings (SSSR count). The van der Waals surface area contributed by atoms with Gasteiger partial charge >= 0.3 is 0 Å². The van der Waals surface area contributed by atoms with Crippen LogP contribution in [-0.2, 0) is 4.74 Å². The summed E-state index contributed by atoms with van der Waals surface area (Å²) in [5.41, 5.74) is 0.911. The van der Waals surface area contributed by atoms with Crippen molar-refractivity contribution in [2.24, 2.45) is 15.8 Å². The molecule has 1 saturated carbocycles. The van der Waals surface area contributed by atoms with Gasteiger partial charge in [-0.1, -0.05) is 6.92 Å². The van der Waals surface area contributed by atoms with Crippen LogP contribution in [0.15, 0.2) is 4.99 Å². The van der Waals surface area contributed by atoms with Crippen LogP contribution in [0.4, 0.5) is 0 Å². The summed E-state index contributed by atoms with van der Waals surface area (Å²) < 4.78 is 5.61. The molecule has 0 amide bonds. The van der Waals surface area contributed by atoms with E-state index in [4.69, 9.17) is 9.73 Å². The average molecular weight is 393 g/mol. The first kappa shape index (κ1) is 16.3. The van der Waals surface area contributed by atoms with Crippen molar-refractivity contribution in [2.75, 3.05) is 39.4 Å². The molecule has 0 bridgehead atoms. The standard InChI is InChI=1S/C15H27N3O.HI/c1-3-16-13(17-10-14(2)4-5-14)18-8-6-15(11-18)7-9-19-12-15;/h3-12H2,1-2H3,(H,16,17);1H.